The molecule has 2 rings (SSSR count). The fraction of sp³-hybridized carbons (Fsp3) is 0.333. The summed E-state index contributed by atoms with van der Waals surface area (Å²) in [6, 6.07) is 10.6. The second-order valence-electron chi connectivity index (χ2n) is 3.94. The first-order valence-electron chi connectivity index (χ1n) is 4.97. The Balaban J connectivity index is 0.00000112. The molecule has 1 heterocycles. The van der Waals surface area contributed by atoms with Crippen LogP contribution in [0.15, 0.2) is 30.3 Å². The minimum absolute atomic E-state index is 0. The van der Waals surface area contributed by atoms with Crippen molar-refractivity contribution in [1.29, 1.82) is 0 Å². The maximum atomic E-state index is 3.42. The molecule has 0 aliphatic rings. The molecule has 90 valence electrons. The van der Waals surface area contributed by atoms with Gasteiger partial charge in [0.15, 0.2) is 0 Å². The summed E-state index contributed by atoms with van der Waals surface area (Å²) in [4.78, 5) is 5.62. The van der Waals surface area contributed by atoms with Crippen molar-refractivity contribution in [3.05, 3.63) is 36.0 Å². The number of halogens is 2. The Labute approximate surface area is 109 Å². The zero-order chi connectivity index (χ0) is 9.97. The van der Waals surface area contributed by atoms with Crippen molar-refractivity contribution in [1.82, 2.24) is 9.88 Å². The molecule has 16 heavy (non-hydrogen) atoms. The van der Waals surface area contributed by atoms with Crippen LogP contribution >= 0.6 is 24.8 Å². The Hall–Kier alpha value is -0.700. The molecule has 1 aromatic heterocycles. The molecule has 0 aliphatic heterocycles. The lowest BCUT2D eigenvalue weighted by Gasteiger charge is -2.07. The summed E-state index contributed by atoms with van der Waals surface area (Å²) < 4.78 is 0. The van der Waals surface area contributed by atoms with Crippen LogP contribution in [-0.4, -0.2) is 30.5 Å². The minimum atomic E-state index is 0. The maximum absolute atomic E-state index is 3.42. The summed E-state index contributed by atoms with van der Waals surface area (Å²) in [6.07, 6.45) is 1.08. The monoisotopic (exact) mass is 260 g/mol. The summed E-state index contributed by atoms with van der Waals surface area (Å²) in [5, 5.41) is 1.31. The molecule has 1 aromatic carbocycles. The van der Waals surface area contributed by atoms with Gasteiger partial charge in [-0.3, -0.25) is 0 Å². The van der Waals surface area contributed by atoms with Gasteiger partial charge in [-0.2, -0.15) is 0 Å². The van der Waals surface area contributed by atoms with Crippen molar-refractivity contribution in [2.75, 3.05) is 20.6 Å². The number of benzene rings is 1. The topological polar surface area (TPSA) is 19.0 Å². The van der Waals surface area contributed by atoms with E-state index >= 15 is 0 Å². The van der Waals surface area contributed by atoms with Gasteiger partial charge in [-0.15, -0.1) is 24.8 Å². The van der Waals surface area contributed by atoms with Gasteiger partial charge in [0.25, 0.3) is 0 Å². The largest absolute Gasteiger partial charge is 0.358 e. The molecule has 0 amide bonds. The van der Waals surface area contributed by atoms with E-state index in [1.807, 2.05) is 0 Å². The van der Waals surface area contributed by atoms with Crippen LogP contribution in [0, 0.1) is 0 Å². The number of hydrogen-bond acceptors (Lipinski definition) is 1. The highest BCUT2D eigenvalue weighted by molar-refractivity contribution is 5.85. The number of likely N-dealkylation sites (N-methyl/N-ethyl adjacent to an activating group) is 1. The number of fused-ring (bicyclic) bond motifs is 1. The Morgan fingerprint density at radius 1 is 1.12 bits per heavy atom. The average molecular weight is 261 g/mol. The predicted molar refractivity (Wildman–Crippen MR) is 75.1 cm³/mol. The van der Waals surface area contributed by atoms with Crippen LogP contribution in [0.25, 0.3) is 10.9 Å². The molecule has 2 nitrogen and oxygen atoms in total. The van der Waals surface area contributed by atoms with Gasteiger partial charge in [0.1, 0.15) is 0 Å². The third kappa shape index (κ3) is 3.71. The molecule has 0 saturated carbocycles. The van der Waals surface area contributed by atoms with Gasteiger partial charge in [0.2, 0.25) is 0 Å². The number of para-hydroxylation sites is 1. The predicted octanol–water partition coefficient (Wildman–Crippen LogP) is 3.12. The van der Waals surface area contributed by atoms with Crippen LogP contribution in [0.3, 0.4) is 0 Å². The van der Waals surface area contributed by atoms with Crippen LogP contribution < -0.4 is 0 Å². The van der Waals surface area contributed by atoms with E-state index in [2.05, 4.69) is 54.3 Å². The third-order valence-corrected chi connectivity index (χ3v) is 2.41. The maximum Gasteiger partial charge on any atom is 0.0456 e. The van der Waals surface area contributed by atoms with Crippen LogP contribution in [0.1, 0.15) is 5.69 Å². The lowest BCUT2D eigenvalue weighted by atomic mass is 10.2. The fourth-order valence-corrected chi connectivity index (χ4v) is 1.61. The highest BCUT2D eigenvalue weighted by Crippen LogP contribution is 2.14. The highest BCUT2D eigenvalue weighted by atomic mass is 35.5. The van der Waals surface area contributed by atoms with Gasteiger partial charge >= 0.3 is 0 Å². The zero-order valence-electron chi connectivity index (χ0n) is 9.56. The Morgan fingerprint density at radius 3 is 2.44 bits per heavy atom. The van der Waals surface area contributed by atoms with E-state index in [0.29, 0.717) is 0 Å². The minimum Gasteiger partial charge on any atom is -0.358 e. The molecule has 0 aliphatic carbocycles. The standard InChI is InChI=1S/C12H16N2.2ClH/c1-14(2)8-7-11-9-10-5-3-4-6-12(10)13-11;;/h3-6,9,13H,7-8H2,1-2H3;2*1H. The van der Waals surface area contributed by atoms with Crippen molar-refractivity contribution in [2.45, 2.75) is 6.42 Å². The molecule has 2 aromatic rings. The van der Waals surface area contributed by atoms with E-state index in [9.17, 15) is 0 Å². The van der Waals surface area contributed by atoms with Gasteiger partial charge in [-0.1, -0.05) is 18.2 Å². The molecule has 0 radical (unpaired) electrons. The summed E-state index contributed by atoms with van der Waals surface area (Å²) in [6.45, 7) is 1.09. The van der Waals surface area contributed by atoms with E-state index < -0.39 is 0 Å². The van der Waals surface area contributed by atoms with Gasteiger partial charge < -0.3 is 9.88 Å². The van der Waals surface area contributed by atoms with Crippen molar-refractivity contribution in [2.24, 2.45) is 0 Å². The smallest absolute Gasteiger partial charge is 0.0456 e. The quantitative estimate of drug-likeness (QED) is 0.899. The van der Waals surface area contributed by atoms with Gasteiger partial charge in [-0.05, 0) is 31.6 Å². The summed E-state index contributed by atoms with van der Waals surface area (Å²) in [7, 11) is 4.20. The normalized spacial score (nSPS) is 9.94. The van der Waals surface area contributed by atoms with Crippen LogP contribution in [0.2, 0.25) is 0 Å². The first-order valence-corrected chi connectivity index (χ1v) is 4.97. The number of nitrogens with one attached hydrogen (secondary N) is 1. The second-order valence-corrected chi connectivity index (χ2v) is 3.94. The molecule has 0 bridgehead atoms. The molecule has 1 N–H and O–H groups in total. The first kappa shape index (κ1) is 15.3. The lowest BCUT2D eigenvalue weighted by Crippen LogP contribution is -2.15. The van der Waals surface area contributed by atoms with Crippen LogP contribution in [0.4, 0.5) is 0 Å². The van der Waals surface area contributed by atoms with E-state index in [0.717, 1.165) is 13.0 Å². The molecule has 4 heteroatoms. The SMILES string of the molecule is CN(C)CCc1cc2ccccc2[nH]1.Cl.Cl. The van der Waals surface area contributed by atoms with E-state index in [1.54, 1.807) is 0 Å². The average Bonchev–Trinajstić information content (AvgIpc) is 2.57. The fourth-order valence-electron chi connectivity index (χ4n) is 1.61. The number of aromatic nitrogens is 1. The first-order chi connectivity index (χ1) is 6.75. The summed E-state index contributed by atoms with van der Waals surface area (Å²) in [5.41, 5.74) is 2.56. The second kappa shape index (κ2) is 6.79. The molecule has 0 unspecified atom stereocenters. The number of nitrogens with zero attached hydrogens (tertiary/aromatic N) is 1. The third-order valence-electron chi connectivity index (χ3n) is 2.41. The van der Waals surface area contributed by atoms with E-state index in [1.165, 1.54) is 16.6 Å². The van der Waals surface area contributed by atoms with Crippen molar-refractivity contribution in [3.8, 4) is 0 Å². The van der Waals surface area contributed by atoms with E-state index in [4.69, 9.17) is 0 Å². The molecule has 0 saturated heterocycles. The van der Waals surface area contributed by atoms with Crippen molar-refractivity contribution >= 4 is 35.7 Å². The molecule has 0 spiro atoms. The van der Waals surface area contributed by atoms with Gasteiger partial charge in [0.05, 0.1) is 0 Å². The summed E-state index contributed by atoms with van der Waals surface area (Å²) >= 11 is 0. The van der Waals surface area contributed by atoms with E-state index in [-0.39, 0.29) is 24.8 Å². The van der Waals surface area contributed by atoms with Gasteiger partial charge in [-0.25, -0.2) is 0 Å². The molecule has 0 atom stereocenters. The number of rotatable bonds is 3. The van der Waals surface area contributed by atoms with Crippen LogP contribution in [-0.2, 0) is 6.42 Å². The zero-order valence-corrected chi connectivity index (χ0v) is 11.2. The molecular weight excluding hydrogens is 243 g/mol. The highest BCUT2D eigenvalue weighted by Gasteiger charge is 1.99. The Morgan fingerprint density at radius 2 is 1.81 bits per heavy atom. The van der Waals surface area contributed by atoms with Crippen LogP contribution in [0.5, 0.6) is 0 Å². The Kier molecular flexibility index (Phi) is 6.49. The summed E-state index contributed by atoms with van der Waals surface area (Å²) in [5.74, 6) is 0. The Bertz CT molecular complexity index is 391. The van der Waals surface area contributed by atoms with Crippen molar-refractivity contribution in [3.63, 3.8) is 0 Å². The molecule has 0 fully saturated rings. The number of H-pyrrole nitrogens is 1. The number of hydrogen-bond donors (Lipinski definition) is 1. The lowest BCUT2D eigenvalue weighted by molar-refractivity contribution is 0.412. The van der Waals surface area contributed by atoms with Gasteiger partial charge in [0, 0.05) is 24.2 Å². The molecular formula is C12H18Cl2N2. The van der Waals surface area contributed by atoms with Crippen molar-refractivity contribution < 1.29 is 0 Å². The number of aromatic amines is 1.